The molecular formula is C29H29F3O3. The van der Waals surface area contributed by atoms with Crippen molar-refractivity contribution in [1.82, 2.24) is 0 Å². The van der Waals surface area contributed by atoms with Gasteiger partial charge in [-0.05, 0) is 68.7 Å². The van der Waals surface area contributed by atoms with Gasteiger partial charge in [-0.15, -0.1) is 0 Å². The van der Waals surface area contributed by atoms with E-state index in [1.165, 1.54) is 12.1 Å². The Hall–Kier alpha value is -3.12. The monoisotopic (exact) mass is 482 g/mol. The van der Waals surface area contributed by atoms with E-state index in [4.69, 9.17) is 9.47 Å². The van der Waals surface area contributed by atoms with E-state index in [1.807, 2.05) is 26.0 Å². The van der Waals surface area contributed by atoms with Gasteiger partial charge in [-0.2, -0.15) is 0 Å². The Balaban J connectivity index is 1.37. The van der Waals surface area contributed by atoms with Gasteiger partial charge in [0.25, 0.3) is 0 Å². The first kappa shape index (κ1) is 25.0. The maximum absolute atomic E-state index is 15.0. The van der Waals surface area contributed by atoms with Crippen LogP contribution < -0.4 is 0 Å². The molecule has 0 saturated heterocycles. The average molecular weight is 483 g/mol. The quantitative estimate of drug-likeness (QED) is 0.327. The van der Waals surface area contributed by atoms with Gasteiger partial charge < -0.3 is 9.47 Å². The summed E-state index contributed by atoms with van der Waals surface area (Å²) in [6.07, 6.45) is 1.86. The normalized spacial score (nSPS) is 17.9. The molecule has 3 aromatic carbocycles. The molecule has 0 aliphatic heterocycles. The Morgan fingerprint density at radius 1 is 0.914 bits per heavy atom. The molecular weight excluding hydrogens is 453 g/mol. The summed E-state index contributed by atoms with van der Waals surface area (Å²) >= 11 is 0. The summed E-state index contributed by atoms with van der Waals surface area (Å²) in [5.74, 6) is -2.90. The summed E-state index contributed by atoms with van der Waals surface area (Å²) in [7, 11) is 0. The van der Waals surface area contributed by atoms with Crippen LogP contribution >= 0.6 is 0 Å². The molecule has 0 unspecified atom stereocenters. The fourth-order valence-electron chi connectivity index (χ4n) is 4.55. The number of esters is 1. The minimum atomic E-state index is -0.838. The number of rotatable bonds is 7. The van der Waals surface area contributed by atoms with E-state index in [0.717, 1.165) is 11.6 Å². The minimum Gasteiger partial charge on any atom is -0.459 e. The molecule has 0 heterocycles. The van der Waals surface area contributed by atoms with Crippen molar-refractivity contribution in [1.29, 1.82) is 0 Å². The lowest BCUT2D eigenvalue weighted by Crippen LogP contribution is -2.24. The van der Waals surface area contributed by atoms with Crippen molar-refractivity contribution in [3.63, 3.8) is 0 Å². The maximum Gasteiger partial charge on any atom is 0.338 e. The van der Waals surface area contributed by atoms with E-state index in [-0.39, 0.29) is 29.8 Å². The molecule has 1 aliphatic carbocycles. The molecule has 0 radical (unpaired) electrons. The summed E-state index contributed by atoms with van der Waals surface area (Å²) < 4.78 is 54.9. The highest BCUT2D eigenvalue weighted by atomic mass is 19.2. The van der Waals surface area contributed by atoms with E-state index >= 15 is 0 Å². The molecule has 0 spiro atoms. The Bertz CT molecular complexity index is 1180. The standard InChI is InChI=1S/C29H29F3O3/c1-3-34-17-22-9-8-21(16-26(22)30)29(33)35-23-12-10-20(11-13-23)25-15-14-24(27(31)28(25)32)19-6-4-18(2)5-7-19/h4-9,14-16,20,23H,3,10-13,17H2,1-2H3. The van der Waals surface area contributed by atoms with Crippen LogP contribution in [0.2, 0.25) is 0 Å². The minimum absolute atomic E-state index is 0.143. The van der Waals surface area contributed by atoms with Crippen LogP contribution in [0.5, 0.6) is 0 Å². The van der Waals surface area contributed by atoms with E-state index in [0.29, 0.717) is 49.0 Å². The first-order valence-corrected chi connectivity index (χ1v) is 12.0. The molecule has 6 heteroatoms. The van der Waals surface area contributed by atoms with Crippen LogP contribution in [-0.2, 0) is 16.1 Å². The SMILES string of the molecule is CCOCc1ccc(C(=O)OC2CCC(c3ccc(-c4ccc(C)cc4)c(F)c3F)CC2)cc1F. The van der Waals surface area contributed by atoms with Gasteiger partial charge in [0.2, 0.25) is 0 Å². The molecule has 35 heavy (non-hydrogen) atoms. The van der Waals surface area contributed by atoms with Crippen molar-refractivity contribution >= 4 is 5.97 Å². The van der Waals surface area contributed by atoms with E-state index in [2.05, 4.69) is 0 Å². The number of carbonyl (C=O) groups is 1. The number of carbonyl (C=O) groups excluding carboxylic acids is 1. The molecule has 3 aromatic rings. The highest BCUT2D eigenvalue weighted by Crippen LogP contribution is 2.38. The Labute approximate surface area is 203 Å². The Kier molecular flexibility index (Phi) is 7.91. The highest BCUT2D eigenvalue weighted by molar-refractivity contribution is 5.89. The second kappa shape index (κ2) is 11.1. The van der Waals surface area contributed by atoms with E-state index in [1.54, 1.807) is 24.3 Å². The molecule has 0 N–H and O–H groups in total. The maximum atomic E-state index is 15.0. The first-order valence-electron chi connectivity index (χ1n) is 12.0. The largest absolute Gasteiger partial charge is 0.459 e. The summed E-state index contributed by atoms with van der Waals surface area (Å²) in [4.78, 5) is 12.5. The van der Waals surface area contributed by atoms with Crippen LogP contribution in [-0.4, -0.2) is 18.7 Å². The van der Waals surface area contributed by atoms with Crippen LogP contribution in [0.4, 0.5) is 13.2 Å². The molecule has 184 valence electrons. The van der Waals surface area contributed by atoms with Gasteiger partial charge in [-0.1, -0.05) is 48.0 Å². The van der Waals surface area contributed by atoms with Gasteiger partial charge in [-0.25, -0.2) is 18.0 Å². The molecule has 3 nitrogen and oxygen atoms in total. The second-order valence-electron chi connectivity index (χ2n) is 9.02. The fourth-order valence-corrected chi connectivity index (χ4v) is 4.55. The number of aryl methyl sites for hydroxylation is 1. The van der Waals surface area contributed by atoms with Gasteiger partial charge >= 0.3 is 5.97 Å². The predicted molar refractivity (Wildman–Crippen MR) is 129 cm³/mol. The summed E-state index contributed by atoms with van der Waals surface area (Å²) in [6, 6.07) is 14.8. The zero-order valence-corrected chi connectivity index (χ0v) is 20.0. The lowest BCUT2D eigenvalue weighted by atomic mass is 9.82. The summed E-state index contributed by atoms with van der Waals surface area (Å²) in [5.41, 5.74) is 2.81. The molecule has 0 amide bonds. The van der Waals surface area contributed by atoms with Crippen molar-refractivity contribution < 1.29 is 27.4 Å². The zero-order valence-electron chi connectivity index (χ0n) is 20.0. The molecule has 0 bridgehead atoms. The lowest BCUT2D eigenvalue weighted by Gasteiger charge is -2.29. The van der Waals surface area contributed by atoms with Crippen molar-refractivity contribution in [2.24, 2.45) is 0 Å². The van der Waals surface area contributed by atoms with E-state index in [9.17, 15) is 18.0 Å². The number of hydrogen-bond acceptors (Lipinski definition) is 3. The van der Waals surface area contributed by atoms with Crippen molar-refractivity contribution in [3.8, 4) is 11.1 Å². The van der Waals surface area contributed by atoms with Gasteiger partial charge in [0.15, 0.2) is 11.6 Å². The third-order valence-electron chi connectivity index (χ3n) is 6.61. The average Bonchev–Trinajstić information content (AvgIpc) is 2.86. The van der Waals surface area contributed by atoms with Gasteiger partial charge in [0, 0.05) is 17.7 Å². The predicted octanol–water partition coefficient (Wildman–Crippen LogP) is 7.50. The number of benzene rings is 3. The third kappa shape index (κ3) is 5.76. The Morgan fingerprint density at radius 3 is 2.29 bits per heavy atom. The van der Waals surface area contributed by atoms with Gasteiger partial charge in [0.05, 0.1) is 12.2 Å². The van der Waals surface area contributed by atoms with Crippen LogP contribution in [0.25, 0.3) is 11.1 Å². The van der Waals surface area contributed by atoms with Crippen LogP contribution in [0.15, 0.2) is 54.6 Å². The molecule has 1 aliphatic rings. The highest BCUT2D eigenvalue weighted by Gasteiger charge is 2.28. The van der Waals surface area contributed by atoms with Gasteiger partial charge in [0.1, 0.15) is 11.9 Å². The van der Waals surface area contributed by atoms with Gasteiger partial charge in [-0.3, -0.25) is 0 Å². The molecule has 1 fully saturated rings. The van der Waals surface area contributed by atoms with Crippen molar-refractivity contribution in [2.45, 2.75) is 58.2 Å². The first-order chi connectivity index (χ1) is 16.9. The third-order valence-corrected chi connectivity index (χ3v) is 6.61. The van der Waals surface area contributed by atoms with E-state index < -0.39 is 23.4 Å². The van der Waals surface area contributed by atoms with Crippen LogP contribution in [0.1, 0.15) is 65.6 Å². The lowest BCUT2D eigenvalue weighted by molar-refractivity contribution is 0.0193. The second-order valence-corrected chi connectivity index (χ2v) is 9.02. The number of halogens is 3. The summed E-state index contributed by atoms with van der Waals surface area (Å²) in [6.45, 7) is 4.38. The molecule has 0 aromatic heterocycles. The number of ether oxygens (including phenoxy) is 2. The summed E-state index contributed by atoms with van der Waals surface area (Å²) in [5, 5.41) is 0. The van der Waals surface area contributed by atoms with Crippen LogP contribution in [0.3, 0.4) is 0 Å². The van der Waals surface area contributed by atoms with Crippen LogP contribution in [0, 0.1) is 24.4 Å². The molecule has 0 atom stereocenters. The zero-order chi connectivity index (χ0) is 24.9. The topological polar surface area (TPSA) is 35.5 Å². The van der Waals surface area contributed by atoms with Crippen molar-refractivity contribution in [3.05, 3.63) is 94.3 Å². The molecule has 4 rings (SSSR count). The Morgan fingerprint density at radius 2 is 1.63 bits per heavy atom. The number of hydrogen-bond donors (Lipinski definition) is 0. The smallest absolute Gasteiger partial charge is 0.338 e. The fraction of sp³-hybridized carbons (Fsp3) is 0.345. The molecule has 1 saturated carbocycles. The van der Waals surface area contributed by atoms with Crippen molar-refractivity contribution in [2.75, 3.05) is 6.61 Å².